The molecule has 0 aromatic carbocycles. The lowest BCUT2D eigenvalue weighted by atomic mass is 9.56. The Hall–Kier alpha value is -0.570. The molecule has 1 heterocycles. The second-order valence-corrected chi connectivity index (χ2v) is 6.50. The lowest BCUT2D eigenvalue weighted by Gasteiger charge is -2.45. The van der Waals surface area contributed by atoms with Crippen molar-refractivity contribution in [1.82, 2.24) is 0 Å². The summed E-state index contributed by atoms with van der Waals surface area (Å²) in [6, 6.07) is 0. The minimum atomic E-state index is -0.644. The van der Waals surface area contributed by atoms with Crippen LogP contribution in [0.5, 0.6) is 0 Å². The van der Waals surface area contributed by atoms with E-state index in [1.54, 1.807) is 0 Å². The van der Waals surface area contributed by atoms with Gasteiger partial charge in [0, 0.05) is 5.41 Å². The van der Waals surface area contributed by atoms with Crippen LogP contribution in [0.1, 0.15) is 65.7 Å². The van der Waals surface area contributed by atoms with E-state index in [1.807, 2.05) is 6.92 Å². The van der Waals surface area contributed by atoms with Crippen molar-refractivity contribution in [3.05, 3.63) is 0 Å². The molecular weight excluding hydrogens is 228 g/mol. The van der Waals surface area contributed by atoms with Crippen LogP contribution in [-0.2, 0) is 9.53 Å². The largest absolute Gasteiger partial charge is 0.481 e. The van der Waals surface area contributed by atoms with E-state index in [4.69, 9.17) is 4.74 Å². The topological polar surface area (TPSA) is 49.8 Å². The van der Waals surface area contributed by atoms with E-state index in [9.17, 15) is 9.90 Å². The minimum Gasteiger partial charge on any atom is -0.481 e. The number of aliphatic carboxylic acids is 1. The van der Waals surface area contributed by atoms with Crippen LogP contribution in [0.15, 0.2) is 0 Å². The summed E-state index contributed by atoms with van der Waals surface area (Å²) in [5.41, 5.74) is -0.799. The van der Waals surface area contributed by atoms with E-state index < -0.39 is 11.4 Å². The Labute approximate surface area is 110 Å². The number of rotatable bonds is 6. The Morgan fingerprint density at radius 1 is 1.33 bits per heavy atom. The summed E-state index contributed by atoms with van der Waals surface area (Å²) in [5.74, 6) is -0.644. The van der Waals surface area contributed by atoms with Crippen molar-refractivity contribution in [2.75, 3.05) is 0 Å². The molecule has 0 aromatic rings. The predicted molar refractivity (Wildman–Crippen MR) is 70.5 cm³/mol. The molecule has 1 N–H and O–H groups in total. The van der Waals surface area contributed by atoms with Crippen molar-refractivity contribution < 1.29 is 14.6 Å². The quantitative estimate of drug-likeness (QED) is 0.582. The molecule has 0 amide bonds. The lowest BCUT2D eigenvalue weighted by molar-refractivity contribution is -0.160. The molecule has 3 heteroatoms. The fraction of sp³-hybridized carbons (Fsp3) is 0.933. The fourth-order valence-corrected chi connectivity index (χ4v) is 3.64. The third-order valence-corrected chi connectivity index (χ3v) is 5.42. The molecular formula is C15H26O3. The zero-order valence-corrected chi connectivity index (χ0v) is 11.9. The van der Waals surface area contributed by atoms with Crippen molar-refractivity contribution in [3.8, 4) is 0 Å². The second-order valence-electron chi connectivity index (χ2n) is 6.50. The first kappa shape index (κ1) is 13.9. The van der Waals surface area contributed by atoms with Crippen molar-refractivity contribution >= 4 is 5.97 Å². The average Bonchev–Trinajstić information content (AvgIpc) is 3.10. The fourth-order valence-electron chi connectivity index (χ4n) is 3.64. The molecule has 0 radical (unpaired) electrons. The van der Waals surface area contributed by atoms with E-state index in [0.29, 0.717) is 6.10 Å². The maximum Gasteiger partial charge on any atom is 0.310 e. The first-order chi connectivity index (χ1) is 8.45. The standard InChI is InChI=1S/C15H26O3/c1-4-5-6-7-9-14(2)12-11(18-12)8-10-15(14,3)13(16)17/h11-12H,4-10H2,1-3H3,(H,16,17). The zero-order valence-electron chi connectivity index (χ0n) is 11.9. The van der Waals surface area contributed by atoms with E-state index >= 15 is 0 Å². The SMILES string of the molecule is CCCCCCC1(C)C2OC2CCC1(C)C(=O)O. The third-order valence-electron chi connectivity index (χ3n) is 5.42. The monoisotopic (exact) mass is 254 g/mol. The van der Waals surface area contributed by atoms with Gasteiger partial charge < -0.3 is 9.84 Å². The highest BCUT2D eigenvalue weighted by atomic mass is 16.6. The van der Waals surface area contributed by atoms with E-state index in [-0.39, 0.29) is 11.5 Å². The van der Waals surface area contributed by atoms with Gasteiger partial charge >= 0.3 is 5.97 Å². The summed E-state index contributed by atoms with van der Waals surface area (Å²) in [6.07, 6.45) is 7.98. The number of epoxide rings is 1. The van der Waals surface area contributed by atoms with Crippen LogP contribution in [0.25, 0.3) is 0 Å². The summed E-state index contributed by atoms with van der Waals surface area (Å²) < 4.78 is 5.73. The van der Waals surface area contributed by atoms with Crippen LogP contribution < -0.4 is 0 Å². The smallest absolute Gasteiger partial charge is 0.310 e. The third kappa shape index (κ3) is 2.07. The first-order valence-corrected chi connectivity index (χ1v) is 7.34. The van der Waals surface area contributed by atoms with Gasteiger partial charge in [-0.25, -0.2) is 0 Å². The predicted octanol–water partition coefficient (Wildman–Crippen LogP) is 3.62. The number of carbonyl (C=O) groups is 1. The number of hydrogen-bond donors (Lipinski definition) is 1. The van der Waals surface area contributed by atoms with E-state index in [0.717, 1.165) is 25.7 Å². The van der Waals surface area contributed by atoms with Crippen LogP contribution in [0.2, 0.25) is 0 Å². The van der Waals surface area contributed by atoms with Gasteiger partial charge in [-0.3, -0.25) is 4.79 Å². The number of ether oxygens (including phenoxy) is 1. The maximum absolute atomic E-state index is 11.7. The Kier molecular flexibility index (Phi) is 3.72. The van der Waals surface area contributed by atoms with Gasteiger partial charge in [0.15, 0.2) is 0 Å². The molecule has 1 saturated carbocycles. The van der Waals surface area contributed by atoms with E-state index in [1.165, 1.54) is 19.3 Å². The van der Waals surface area contributed by atoms with Crippen LogP contribution in [-0.4, -0.2) is 23.3 Å². The highest BCUT2D eigenvalue weighted by Crippen LogP contribution is 2.60. The molecule has 0 spiro atoms. The average molecular weight is 254 g/mol. The number of fused-ring (bicyclic) bond motifs is 1. The zero-order chi connectivity index (χ0) is 13.4. The molecule has 4 unspecified atom stereocenters. The second kappa shape index (κ2) is 4.84. The number of hydrogen-bond acceptors (Lipinski definition) is 2. The molecule has 104 valence electrons. The van der Waals surface area contributed by atoms with E-state index in [2.05, 4.69) is 13.8 Å². The van der Waals surface area contributed by atoms with Crippen molar-refractivity contribution in [2.45, 2.75) is 77.9 Å². The first-order valence-electron chi connectivity index (χ1n) is 7.34. The molecule has 1 aliphatic carbocycles. The highest BCUT2D eigenvalue weighted by Gasteiger charge is 2.65. The molecule has 0 bridgehead atoms. The number of unbranched alkanes of at least 4 members (excludes halogenated alkanes) is 3. The Bertz CT molecular complexity index is 328. The molecule has 2 rings (SSSR count). The van der Waals surface area contributed by atoms with Gasteiger partial charge in [-0.2, -0.15) is 0 Å². The lowest BCUT2D eigenvalue weighted by Crippen LogP contribution is -2.50. The number of carboxylic acids is 1. The molecule has 2 aliphatic rings. The van der Waals surface area contributed by atoms with Gasteiger partial charge in [-0.15, -0.1) is 0 Å². The Morgan fingerprint density at radius 3 is 2.67 bits per heavy atom. The Morgan fingerprint density at radius 2 is 2.06 bits per heavy atom. The minimum absolute atomic E-state index is 0.185. The molecule has 18 heavy (non-hydrogen) atoms. The van der Waals surface area contributed by atoms with Gasteiger partial charge in [0.1, 0.15) is 0 Å². The van der Waals surface area contributed by atoms with Crippen LogP contribution >= 0.6 is 0 Å². The van der Waals surface area contributed by atoms with Gasteiger partial charge in [0.25, 0.3) is 0 Å². The normalized spacial score (nSPS) is 42.4. The van der Waals surface area contributed by atoms with Crippen LogP contribution in [0, 0.1) is 10.8 Å². The van der Waals surface area contributed by atoms with Crippen molar-refractivity contribution in [2.24, 2.45) is 10.8 Å². The summed E-state index contributed by atoms with van der Waals surface area (Å²) >= 11 is 0. The van der Waals surface area contributed by atoms with Gasteiger partial charge in [0.05, 0.1) is 17.6 Å². The summed E-state index contributed by atoms with van der Waals surface area (Å²) in [6.45, 7) is 6.26. The van der Waals surface area contributed by atoms with Gasteiger partial charge in [-0.1, -0.05) is 39.5 Å². The molecule has 3 nitrogen and oxygen atoms in total. The van der Waals surface area contributed by atoms with Gasteiger partial charge in [0.2, 0.25) is 0 Å². The van der Waals surface area contributed by atoms with Crippen molar-refractivity contribution in [1.29, 1.82) is 0 Å². The van der Waals surface area contributed by atoms with Crippen molar-refractivity contribution in [3.63, 3.8) is 0 Å². The van der Waals surface area contributed by atoms with Crippen LogP contribution in [0.4, 0.5) is 0 Å². The van der Waals surface area contributed by atoms with Gasteiger partial charge in [-0.05, 0) is 26.2 Å². The molecule has 1 saturated heterocycles. The molecule has 0 aromatic heterocycles. The van der Waals surface area contributed by atoms with Crippen LogP contribution in [0.3, 0.4) is 0 Å². The molecule has 1 aliphatic heterocycles. The Balaban J connectivity index is 2.07. The summed E-state index contributed by atoms with van der Waals surface area (Å²) in [7, 11) is 0. The summed E-state index contributed by atoms with van der Waals surface area (Å²) in [4.78, 5) is 11.7. The molecule has 2 fully saturated rings. The maximum atomic E-state index is 11.7. The highest BCUT2D eigenvalue weighted by molar-refractivity contribution is 5.76. The summed E-state index contributed by atoms with van der Waals surface area (Å²) in [5, 5.41) is 9.62. The molecule has 4 atom stereocenters. The number of carboxylic acid groups (broad SMARTS) is 1.